The summed E-state index contributed by atoms with van der Waals surface area (Å²) in [5.41, 5.74) is 0.364. The molecule has 1 aliphatic rings. The number of carbonyl (C=O) groups excluding carboxylic acids is 3. The van der Waals surface area contributed by atoms with E-state index in [1.807, 2.05) is 45.0 Å². The van der Waals surface area contributed by atoms with Gasteiger partial charge in [0.05, 0.1) is 17.4 Å². The van der Waals surface area contributed by atoms with Crippen molar-refractivity contribution < 1.29 is 19.1 Å². The predicted octanol–water partition coefficient (Wildman–Crippen LogP) is 1.95. The number of rotatable bonds is 4. The number of benzene rings is 1. The standard InChI is InChI=1S/C16H20N2O4S/c1-16(2,3)18-13(19)9-22-14(20)8-12-15(21)17-10-6-4-5-7-11(10)23-12/h4-7,12H,8-9H2,1-3H3,(H,17,21)(H,18,19). The highest BCUT2D eigenvalue weighted by atomic mass is 32.2. The first-order valence-electron chi connectivity index (χ1n) is 7.28. The van der Waals surface area contributed by atoms with Crippen LogP contribution in [0.2, 0.25) is 0 Å². The molecule has 0 saturated heterocycles. The van der Waals surface area contributed by atoms with E-state index in [1.54, 1.807) is 0 Å². The van der Waals surface area contributed by atoms with Crippen molar-refractivity contribution in [3.8, 4) is 0 Å². The molecule has 1 aliphatic heterocycles. The van der Waals surface area contributed by atoms with E-state index in [4.69, 9.17) is 4.74 Å². The molecule has 2 N–H and O–H groups in total. The van der Waals surface area contributed by atoms with Gasteiger partial charge in [0.1, 0.15) is 0 Å². The van der Waals surface area contributed by atoms with Crippen molar-refractivity contribution >= 4 is 35.2 Å². The Balaban J connectivity index is 1.84. The molecule has 1 aromatic carbocycles. The molecule has 124 valence electrons. The Morgan fingerprint density at radius 3 is 2.70 bits per heavy atom. The zero-order valence-electron chi connectivity index (χ0n) is 13.3. The van der Waals surface area contributed by atoms with Gasteiger partial charge in [0, 0.05) is 10.4 Å². The molecule has 0 spiro atoms. The molecule has 1 aromatic rings. The lowest BCUT2D eigenvalue weighted by Crippen LogP contribution is -2.43. The zero-order chi connectivity index (χ0) is 17.0. The Hall–Kier alpha value is -2.02. The molecule has 0 fully saturated rings. The second-order valence-electron chi connectivity index (χ2n) is 6.25. The fraction of sp³-hybridized carbons (Fsp3) is 0.438. The number of esters is 1. The fourth-order valence-corrected chi connectivity index (χ4v) is 3.13. The molecule has 2 rings (SSSR count). The molecule has 0 saturated carbocycles. The number of amides is 2. The van der Waals surface area contributed by atoms with Crippen LogP contribution in [0, 0.1) is 0 Å². The van der Waals surface area contributed by atoms with Crippen LogP contribution in [-0.4, -0.2) is 35.2 Å². The second kappa shape index (κ2) is 7.04. The average Bonchev–Trinajstić information content (AvgIpc) is 2.44. The van der Waals surface area contributed by atoms with Crippen LogP contribution in [-0.2, 0) is 19.1 Å². The lowest BCUT2D eigenvalue weighted by atomic mass is 10.1. The molecule has 6 nitrogen and oxygen atoms in total. The Labute approximate surface area is 139 Å². The van der Waals surface area contributed by atoms with Crippen LogP contribution >= 0.6 is 11.8 Å². The molecule has 1 atom stereocenters. The molecular formula is C16H20N2O4S. The van der Waals surface area contributed by atoms with Crippen molar-refractivity contribution in [1.82, 2.24) is 5.32 Å². The molecule has 0 aromatic heterocycles. The first kappa shape index (κ1) is 17.3. The van der Waals surface area contributed by atoms with Gasteiger partial charge in [-0.05, 0) is 32.9 Å². The Bertz CT molecular complexity index is 625. The molecule has 7 heteroatoms. The average molecular weight is 336 g/mol. The van der Waals surface area contributed by atoms with E-state index < -0.39 is 11.2 Å². The maximum atomic E-state index is 12.0. The highest BCUT2D eigenvalue weighted by Gasteiger charge is 2.29. The minimum absolute atomic E-state index is 0.0758. The monoisotopic (exact) mass is 336 g/mol. The van der Waals surface area contributed by atoms with E-state index in [0.717, 1.165) is 10.6 Å². The number of anilines is 1. The summed E-state index contributed by atoms with van der Waals surface area (Å²) in [4.78, 5) is 36.4. The summed E-state index contributed by atoms with van der Waals surface area (Å²) in [6.07, 6.45) is -0.0758. The first-order valence-corrected chi connectivity index (χ1v) is 8.16. The van der Waals surface area contributed by atoms with Gasteiger partial charge in [-0.3, -0.25) is 14.4 Å². The first-order chi connectivity index (χ1) is 10.7. The quantitative estimate of drug-likeness (QED) is 0.821. The minimum Gasteiger partial charge on any atom is -0.456 e. The normalized spacial score (nSPS) is 17.0. The van der Waals surface area contributed by atoms with Gasteiger partial charge in [-0.1, -0.05) is 12.1 Å². The third-order valence-corrected chi connectivity index (χ3v) is 4.21. The smallest absolute Gasteiger partial charge is 0.307 e. The van der Waals surface area contributed by atoms with Gasteiger partial charge < -0.3 is 15.4 Å². The van der Waals surface area contributed by atoms with Crippen LogP contribution in [0.25, 0.3) is 0 Å². The van der Waals surface area contributed by atoms with Crippen molar-refractivity contribution in [3.63, 3.8) is 0 Å². The van der Waals surface area contributed by atoms with Crippen molar-refractivity contribution in [2.45, 2.75) is 42.9 Å². The van der Waals surface area contributed by atoms with Gasteiger partial charge in [-0.2, -0.15) is 0 Å². The summed E-state index contributed by atoms with van der Waals surface area (Å²) in [6.45, 7) is 5.18. The third-order valence-electron chi connectivity index (χ3n) is 2.94. The molecular weight excluding hydrogens is 316 g/mol. The number of hydrogen-bond donors (Lipinski definition) is 2. The summed E-state index contributed by atoms with van der Waals surface area (Å²) in [5, 5.41) is 4.91. The SMILES string of the molecule is CC(C)(C)NC(=O)COC(=O)CC1Sc2ccccc2NC1=O. The van der Waals surface area contributed by atoms with Crippen molar-refractivity contribution in [3.05, 3.63) is 24.3 Å². The Morgan fingerprint density at radius 1 is 1.30 bits per heavy atom. The highest BCUT2D eigenvalue weighted by Crippen LogP contribution is 2.36. The molecule has 0 radical (unpaired) electrons. The van der Waals surface area contributed by atoms with Gasteiger partial charge in [-0.15, -0.1) is 11.8 Å². The summed E-state index contributed by atoms with van der Waals surface area (Å²) >= 11 is 1.32. The largest absolute Gasteiger partial charge is 0.456 e. The number of nitrogens with one attached hydrogen (secondary N) is 2. The van der Waals surface area contributed by atoms with E-state index in [0.29, 0.717) is 0 Å². The molecule has 2 amide bonds. The van der Waals surface area contributed by atoms with Crippen molar-refractivity contribution in [2.75, 3.05) is 11.9 Å². The van der Waals surface area contributed by atoms with Crippen LogP contribution in [0.1, 0.15) is 27.2 Å². The van der Waals surface area contributed by atoms with E-state index in [-0.39, 0.29) is 30.4 Å². The van der Waals surface area contributed by atoms with Crippen LogP contribution in [0.15, 0.2) is 29.2 Å². The lowest BCUT2D eigenvalue weighted by molar-refractivity contribution is -0.149. The van der Waals surface area contributed by atoms with E-state index in [9.17, 15) is 14.4 Å². The Morgan fingerprint density at radius 2 is 2.00 bits per heavy atom. The van der Waals surface area contributed by atoms with Gasteiger partial charge in [-0.25, -0.2) is 0 Å². The number of hydrogen-bond acceptors (Lipinski definition) is 5. The molecule has 1 unspecified atom stereocenters. The lowest BCUT2D eigenvalue weighted by Gasteiger charge is -2.23. The van der Waals surface area contributed by atoms with E-state index >= 15 is 0 Å². The van der Waals surface area contributed by atoms with Crippen molar-refractivity contribution in [2.24, 2.45) is 0 Å². The third kappa shape index (κ3) is 5.28. The maximum absolute atomic E-state index is 12.0. The van der Waals surface area contributed by atoms with Crippen LogP contribution < -0.4 is 10.6 Å². The molecule has 0 bridgehead atoms. The number of fused-ring (bicyclic) bond motifs is 1. The topological polar surface area (TPSA) is 84.5 Å². The number of para-hydroxylation sites is 1. The van der Waals surface area contributed by atoms with Gasteiger partial charge >= 0.3 is 5.97 Å². The summed E-state index contributed by atoms with van der Waals surface area (Å²) in [6, 6.07) is 7.40. The summed E-state index contributed by atoms with van der Waals surface area (Å²) < 4.78 is 4.94. The van der Waals surface area contributed by atoms with Crippen LogP contribution in [0.3, 0.4) is 0 Å². The second-order valence-corrected chi connectivity index (χ2v) is 7.50. The van der Waals surface area contributed by atoms with Gasteiger partial charge in [0.25, 0.3) is 5.91 Å². The van der Waals surface area contributed by atoms with Gasteiger partial charge in [0.2, 0.25) is 5.91 Å². The molecule has 1 heterocycles. The number of thioether (sulfide) groups is 1. The zero-order valence-corrected chi connectivity index (χ0v) is 14.2. The summed E-state index contributed by atoms with van der Waals surface area (Å²) in [5.74, 6) is -1.16. The number of ether oxygens (including phenoxy) is 1. The highest BCUT2D eigenvalue weighted by molar-refractivity contribution is 8.01. The predicted molar refractivity (Wildman–Crippen MR) is 88.2 cm³/mol. The fourth-order valence-electron chi connectivity index (χ4n) is 2.04. The van der Waals surface area contributed by atoms with E-state index in [2.05, 4.69) is 10.6 Å². The van der Waals surface area contributed by atoms with Crippen LogP contribution in [0.4, 0.5) is 5.69 Å². The molecule has 23 heavy (non-hydrogen) atoms. The molecule has 0 aliphatic carbocycles. The minimum atomic E-state index is -0.568. The maximum Gasteiger partial charge on any atom is 0.307 e. The number of carbonyl (C=O) groups is 3. The van der Waals surface area contributed by atoms with Gasteiger partial charge in [0.15, 0.2) is 6.61 Å². The van der Waals surface area contributed by atoms with Crippen LogP contribution in [0.5, 0.6) is 0 Å². The van der Waals surface area contributed by atoms with E-state index in [1.165, 1.54) is 11.8 Å². The Kier molecular flexibility index (Phi) is 5.30. The van der Waals surface area contributed by atoms with Crippen molar-refractivity contribution in [1.29, 1.82) is 0 Å². The summed E-state index contributed by atoms with van der Waals surface area (Å²) in [7, 11) is 0.